The van der Waals surface area contributed by atoms with Crippen LogP contribution in [0.5, 0.6) is 0 Å². The molecule has 0 saturated heterocycles. The van der Waals surface area contributed by atoms with Crippen molar-refractivity contribution < 1.29 is 13.2 Å². The highest BCUT2D eigenvalue weighted by atomic mass is 32.2. The first-order chi connectivity index (χ1) is 11.8. The second-order valence-corrected chi connectivity index (χ2v) is 7.85. The molecule has 7 heteroatoms. The van der Waals surface area contributed by atoms with Gasteiger partial charge in [0.25, 0.3) is 0 Å². The highest BCUT2D eigenvalue weighted by Gasteiger charge is 2.16. The van der Waals surface area contributed by atoms with Gasteiger partial charge >= 0.3 is 6.03 Å². The Morgan fingerprint density at radius 2 is 1.56 bits per heavy atom. The standard InChI is InChI=1S/C18H17N3O3S/c1-12-3-5-13(6-4-12)16-11-21(18(19)22)20-17(16)14-7-9-15(10-8-14)25(2,23)24/h3-11H,1-2H3,(H2,19,22). The second-order valence-electron chi connectivity index (χ2n) is 5.84. The maximum atomic E-state index is 11.6. The molecule has 2 aromatic carbocycles. The molecule has 6 nitrogen and oxygen atoms in total. The molecule has 1 aromatic heterocycles. The predicted molar refractivity (Wildman–Crippen MR) is 95.9 cm³/mol. The van der Waals surface area contributed by atoms with Crippen molar-refractivity contribution in [3.63, 3.8) is 0 Å². The van der Waals surface area contributed by atoms with Gasteiger partial charge < -0.3 is 5.73 Å². The zero-order valence-electron chi connectivity index (χ0n) is 13.8. The Bertz CT molecular complexity index is 1030. The van der Waals surface area contributed by atoms with Crippen LogP contribution in [0.25, 0.3) is 22.4 Å². The summed E-state index contributed by atoms with van der Waals surface area (Å²) in [5.74, 6) is 0. The first-order valence-electron chi connectivity index (χ1n) is 7.53. The number of sulfone groups is 1. The zero-order chi connectivity index (χ0) is 18.2. The van der Waals surface area contributed by atoms with E-state index in [4.69, 9.17) is 5.73 Å². The average molecular weight is 355 g/mol. The molecule has 0 radical (unpaired) electrons. The van der Waals surface area contributed by atoms with Crippen molar-refractivity contribution in [3.05, 3.63) is 60.3 Å². The lowest BCUT2D eigenvalue weighted by atomic mass is 10.0. The zero-order valence-corrected chi connectivity index (χ0v) is 14.6. The topological polar surface area (TPSA) is 95.0 Å². The molecule has 128 valence electrons. The molecule has 0 aliphatic rings. The van der Waals surface area contributed by atoms with Crippen LogP contribution in [0.4, 0.5) is 4.79 Å². The van der Waals surface area contributed by atoms with Gasteiger partial charge in [0.1, 0.15) is 5.69 Å². The summed E-state index contributed by atoms with van der Waals surface area (Å²) < 4.78 is 24.3. The van der Waals surface area contributed by atoms with E-state index in [0.29, 0.717) is 11.3 Å². The largest absolute Gasteiger partial charge is 0.350 e. The molecule has 0 bridgehead atoms. The molecule has 0 saturated carbocycles. The van der Waals surface area contributed by atoms with Crippen LogP contribution in [0, 0.1) is 6.92 Å². The molecule has 2 N–H and O–H groups in total. The van der Waals surface area contributed by atoms with E-state index in [1.54, 1.807) is 18.3 Å². The van der Waals surface area contributed by atoms with Crippen molar-refractivity contribution in [1.29, 1.82) is 0 Å². The molecule has 0 aliphatic carbocycles. The number of carbonyl (C=O) groups excluding carboxylic acids is 1. The molecule has 1 heterocycles. The number of rotatable bonds is 3. The van der Waals surface area contributed by atoms with E-state index >= 15 is 0 Å². The van der Waals surface area contributed by atoms with E-state index in [1.165, 1.54) is 12.1 Å². The summed E-state index contributed by atoms with van der Waals surface area (Å²) in [6.45, 7) is 1.99. The number of hydrogen-bond acceptors (Lipinski definition) is 4. The van der Waals surface area contributed by atoms with Gasteiger partial charge in [-0.25, -0.2) is 13.2 Å². The number of carbonyl (C=O) groups is 1. The van der Waals surface area contributed by atoms with Crippen LogP contribution >= 0.6 is 0 Å². The van der Waals surface area contributed by atoms with E-state index in [9.17, 15) is 13.2 Å². The van der Waals surface area contributed by atoms with Crippen LogP contribution in [0.15, 0.2) is 59.6 Å². The molecule has 0 atom stereocenters. The van der Waals surface area contributed by atoms with Gasteiger partial charge in [-0.05, 0) is 24.6 Å². The quantitative estimate of drug-likeness (QED) is 0.781. The van der Waals surface area contributed by atoms with Crippen LogP contribution in [0.1, 0.15) is 5.56 Å². The lowest BCUT2D eigenvalue weighted by Gasteiger charge is -2.05. The minimum atomic E-state index is -3.28. The Morgan fingerprint density at radius 3 is 2.08 bits per heavy atom. The first-order valence-corrected chi connectivity index (χ1v) is 9.42. The summed E-state index contributed by atoms with van der Waals surface area (Å²) in [6, 6.07) is 13.5. The maximum absolute atomic E-state index is 11.6. The Morgan fingerprint density at radius 1 is 1.00 bits per heavy atom. The minimum absolute atomic E-state index is 0.225. The number of nitrogens with two attached hydrogens (primary N) is 1. The molecule has 3 rings (SSSR count). The van der Waals surface area contributed by atoms with Crippen LogP contribution in [0.3, 0.4) is 0 Å². The number of amides is 1. The third-order valence-electron chi connectivity index (χ3n) is 3.86. The summed E-state index contributed by atoms with van der Waals surface area (Å²) in [6.07, 6.45) is 2.73. The van der Waals surface area contributed by atoms with Gasteiger partial charge in [0.05, 0.1) is 4.90 Å². The molecule has 0 aliphatic heterocycles. The third-order valence-corrected chi connectivity index (χ3v) is 4.99. The monoisotopic (exact) mass is 355 g/mol. The highest BCUT2D eigenvalue weighted by molar-refractivity contribution is 7.90. The van der Waals surface area contributed by atoms with E-state index < -0.39 is 15.9 Å². The van der Waals surface area contributed by atoms with E-state index in [1.807, 2.05) is 31.2 Å². The Kier molecular flexibility index (Phi) is 4.18. The fourth-order valence-electron chi connectivity index (χ4n) is 2.50. The van der Waals surface area contributed by atoms with Crippen LogP contribution in [0.2, 0.25) is 0 Å². The van der Waals surface area contributed by atoms with Gasteiger partial charge in [-0.1, -0.05) is 42.0 Å². The predicted octanol–water partition coefficient (Wildman–Crippen LogP) is 2.86. The molecule has 0 spiro atoms. The van der Waals surface area contributed by atoms with E-state index in [2.05, 4.69) is 5.10 Å². The van der Waals surface area contributed by atoms with Gasteiger partial charge in [0.15, 0.2) is 9.84 Å². The number of aromatic nitrogens is 2. The van der Waals surface area contributed by atoms with Crippen LogP contribution in [-0.2, 0) is 9.84 Å². The maximum Gasteiger partial charge on any atom is 0.339 e. The third kappa shape index (κ3) is 3.46. The number of nitrogens with zero attached hydrogens (tertiary/aromatic N) is 2. The van der Waals surface area contributed by atoms with Gasteiger partial charge in [-0.2, -0.15) is 9.78 Å². The number of benzene rings is 2. The Hall–Kier alpha value is -2.93. The van der Waals surface area contributed by atoms with Crippen molar-refractivity contribution in [3.8, 4) is 22.4 Å². The van der Waals surface area contributed by atoms with Gasteiger partial charge in [-0.3, -0.25) is 0 Å². The molecule has 25 heavy (non-hydrogen) atoms. The minimum Gasteiger partial charge on any atom is -0.350 e. The summed E-state index contributed by atoms with van der Waals surface area (Å²) in [4.78, 5) is 11.7. The van der Waals surface area contributed by atoms with Crippen molar-refractivity contribution in [1.82, 2.24) is 9.78 Å². The molecule has 3 aromatic rings. The van der Waals surface area contributed by atoms with Crippen LogP contribution < -0.4 is 5.73 Å². The lowest BCUT2D eigenvalue weighted by molar-refractivity contribution is 0.248. The number of hydrogen-bond donors (Lipinski definition) is 1. The smallest absolute Gasteiger partial charge is 0.339 e. The van der Waals surface area contributed by atoms with Crippen molar-refractivity contribution in [2.45, 2.75) is 11.8 Å². The van der Waals surface area contributed by atoms with Crippen LogP contribution in [-0.4, -0.2) is 30.5 Å². The molecular formula is C18H17N3O3S. The Labute approximate surface area is 145 Å². The number of primary amides is 1. The second kappa shape index (κ2) is 6.18. The SMILES string of the molecule is Cc1ccc(-c2cn(C(N)=O)nc2-c2ccc(S(C)(=O)=O)cc2)cc1. The summed E-state index contributed by atoms with van der Waals surface area (Å²) >= 11 is 0. The molecule has 0 unspecified atom stereocenters. The summed E-state index contributed by atoms with van der Waals surface area (Å²) in [5, 5.41) is 4.26. The lowest BCUT2D eigenvalue weighted by Crippen LogP contribution is -2.19. The number of aryl methyl sites for hydroxylation is 1. The van der Waals surface area contributed by atoms with Gasteiger partial charge in [0, 0.05) is 23.6 Å². The van der Waals surface area contributed by atoms with Crippen molar-refractivity contribution in [2.24, 2.45) is 5.73 Å². The molecule has 0 fully saturated rings. The average Bonchev–Trinajstić information content (AvgIpc) is 3.00. The fraction of sp³-hybridized carbons (Fsp3) is 0.111. The summed E-state index contributed by atoms with van der Waals surface area (Å²) in [7, 11) is -3.28. The van der Waals surface area contributed by atoms with Crippen molar-refractivity contribution in [2.75, 3.05) is 6.26 Å². The van der Waals surface area contributed by atoms with E-state index in [0.717, 1.165) is 27.6 Å². The van der Waals surface area contributed by atoms with E-state index in [-0.39, 0.29) is 4.90 Å². The van der Waals surface area contributed by atoms with Crippen molar-refractivity contribution >= 4 is 15.9 Å². The van der Waals surface area contributed by atoms with Gasteiger partial charge in [0.2, 0.25) is 0 Å². The highest BCUT2D eigenvalue weighted by Crippen LogP contribution is 2.31. The molecular weight excluding hydrogens is 338 g/mol. The Balaban J connectivity index is 2.14. The molecule has 1 amide bonds. The fourth-order valence-corrected chi connectivity index (χ4v) is 3.13. The normalized spacial score (nSPS) is 11.4. The summed E-state index contributed by atoms with van der Waals surface area (Å²) in [5.41, 5.74) is 9.34. The first kappa shape index (κ1) is 16.9. The van der Waals surface area contributed by atoms with Gasteiger partial charge in [-0.15, -0.1) is 0 Å².